The van der Waals surface area contributed by atoms with Crippen LogP contribution in [0.4, 0.5) is 0 Å². The van der Waals surface area contributed by atoms with Gasteiger partial charge in [-0.3, -0.25) is 14.0 Å². The lowest BCUT2D eigenvalue weighted by Crippen LogP contribution is -2.28. The Kier molecular flexibility index (Phi) is 7.20. The summed E-state index contributed by atoms with van der Waals surface area (Å²) in [6.45, 7) is 7.35. The molecule has 43 heavy (non-hydrogen) atoms. The lowest BCUT2D eigenvalue weighted by Gasteiger charge is -2.28. The first-order valence-electron chi connectivity index (χ1n) is 13.7. The fraction of sp³-hybridized carbons (Fsp3) is 0.212. The van der Waals surface area contributed by atoms with Crippen molar-refractivity contribution in [3.63, 3.8) is 0 Å². The summed E-state index contributed by atoms with van der Waals surface area (Å²) in [7, 11) is 1.88. The number of carboxylic acids is 1. The number of hydrogen-bond acceptors (Lipinski definition) is 6. The fourth-order valence-corrected chi connectivity index (χ4v) is 6.58. The molecule has 1 N–H and O–H groups in total. The quantitative estimate of drug-likeness (QED) is 0.208. The second-order valence-electron chi connectivity index (χ2n) is 11.4. The maximum absolute atomic E-state index is 13.9. The highest BCUT2D eigenvalue weighted by Crippen LogP contribution is 2.44. The van der Waals surface area contributed by atoms with Crippen molar-refractivity contribution in [2.24, 2.45) is 7.05 Å². The Labute approximate surface area is 256 Å². The van der Waals surface area contributed by atoms with Crippen LogP contribution < -0.4 is 5.56 Å². The molecule has 1 atom stereocenters. The molecule has 0 saturated heterocycles. The largest absolute Gasteiger partial charge is 0.479 e. The van der Waals surface area contributed by atoms with Gasteiger partial charge in [0.05, 0.1) is 33.1 Å². The van der Waals surface area contributed by atoms with Gasteiger partial charge in [-0.15, -0.1) is 11.3 Å². The van der Waals surface area contributed by atoms with Crippen molar-refractivity contribution in [3.8, 4) is 27.4 Å². The number of carbonyl (C=O) groups is 1. The minimum atomic E-state index is -1.23. The van der Waals surface area contributed by atoms with Crippen LogP contribution in [0, 0.1) is 6.92 Å². The molecule has 218 valence electrons. The molecule has 0 saturated carbocycles. The molecular weight excluding hydrogens is 584 g/mol. The third-order valence-corrected chi connectivity index (χ3v) is 8.58. The molecule has 0 bridgehead atoms. The minimum absolute atomic E-state index is 0.214. The topological polar surface area (TPSA) is 99.2 Å². The van der Waals surface area contributed by atoms with Crippen LogP contribution in [-0.4, -0.2) is 36.0 Å². The highest BCUT2D eigenvalue weighted by atomic mass is 35.5. The molecule has 6 rings (SSSR count). The maximum Gasteiger partial charge on any atom is 0.337 e. The second-order valence-corrected chi connectivity index (χ2v) is 12.8. The van der Waals surface area contributed by atoms with Crippen molar-refractivity contribution in [1.82, 2.24) is 19.3 Å². The molecular formula is C33H29ClN4O4S. The lowest BCUT2D eigenvalue weighted by atomic mass is 9.91. The van der Waals surface area contributed by atoms with E-state index >= 15 is 0 Å². The Morgan fingerprint density at radius 2 is 1.84 bits per heavy atom. The first-order valence-corrected chi connectivity index (χ1v) is 14.9. The smallest absolute Gasteiger partial charge is 0.337 e. The Balaban J connectivity index is 1.57. The molecule has 3 aromatic heterocycles. The summed E-state index contributed by atoms with van der Waals surface area (Å²) in [6, 6.07) is 18.5. The van der Waals surface area contributed by atoms with Crippen molar-refractivity contribution in [1.29, 1.82) is 0 Å². The van der Waals surface area contributed by atoms with E-state index in [0.717, 1.165) is 32.4 Å². The lowest BCUT2D eigenvalue weighted by molar-refractivity contribution is -0.160. The number of aromatic nitrogens is 4. The van der Waals surface area contributed by atoms with Gasteiger partial charge >= 0.3 is 5.97 Å². The first kappa shape index (κ1) is 28.8. The molecule has 8 nitrogen and oxygen atoms in total. The normalized spacial score (nSPS) is 12.7. The summed E-state index contributed by atoms with van der Waals surface area (Å²) in [6.07, 6.45) is 2.28. The molecule has 0 aliphatic heterocycles. The number of thiazole rings is 1. The van der Waals surface area contributed by atoms with Gasteiger partial charge in [-0.1, -0.05) is 23.7 Å². The van der Waals surface area contributed by atoms with E-state index in [-0.39, 0.29) is 5.56 Å². The van der Waals surface area contributed by atoms with E-state index in [4.69, 9.17) is 21.3 Å². The first-order chi connectivity index (χ1) is 20.4. The number of carboxylic acid groups (broad SMARTS) is 1. The number of aliphatic carboxylic acids is 1. The van der Waals surface area contributed by atoms with Gasteiger partial charge < -0.3 is 9.84 Å². The van der Waals surface area contributed by atoms with E-state index < -0.39 is 17.7 Å². The molecule has 0 radical (unpaired) electrons. The Hall–Kier alpha value is -4.31. The van der Waals surface area contributed by atoms with Crippen molar-refractivity contribution in [3.05, 3.63) is 99.6 Å². The number of benzene rings is 3. The number of pyridine rings is 1. The van der Waals surface area contributed by atoms with E-state index in [0.29, 0.717) is 32.2 Å². The number of fused-ring (bicyclic) bond motifs is 2. The van der Waals surface area contributed by atoms with Crippen LogP contribution in [0.2, 0.25) is 5.02 Å². The molecule has 0 spiro atoms. The third-order valence-electron chi connectivity index (χ3n) is 7.20. The zero-order chi connectivity index (χ0) is 30.6. The molecule has 10 heteroatoms. The highest BCUT2D eigenvalue weighted by Gasteiger charge is 2.32. The average molecular weight is 613 g/mol. The minimum Gasteiger partial charge on any atom is -0.479 e. The van der Waals surface area contributed by atoms with Gasteiger partial charge in [-0.25, -0.2) is 9.78 Å². The number of rotatable bonds is 6. The van der Waals surface area contributed by atoms with E-state index in [1.165, 1.54) is 11.3 Å². The summed E-state index contributed by atoms with van der Waals surface area (Å²) < 4.78 is 10.3. The Morgan fingerprint density at radius 1 is 1.09 bits per heavy atom. The summed E-state index contributed by atoms with van der Waals surface area (Å²) in [5.74, 6) is -1.09. The van der Waals surface area contributed by atoms with E-state index in [1.54, 1.807) is 39.8 Å². The van der Waals surface area contributed by atoms with Gasteiger partial charge in [0.25, 0.3) is 5.56 Å². The second kappa shape index (κ2) is 10.8. The number of hydrogen-bond donors (Lipinski definition) is 1. The van der Waals surface area contributed by atoms with Crippen molar-refractivity contribution in [2.45, 2.75) is 39.4 Å². The van der Waals surface area contributed by atoms with Gasteiger partial charge in [0, 0.05) is 40.5 Å². The molecule has 0 aliphatic carbocycles. The average Bonchev–Trinajstić information content (AvgIpc) is 3.54. The highest BCUT2D eigenvalue weighted by molar-refractivity contribution is 7.22. The van der Waals surface area contributed by atoms with Crippen molar-refractivity contribution in [2.75, 3.05) is 0 Å². The fourth-order valence-electron chi connectivity index (χ4n) is 5.31. The van der Waals surface area contributed by atoms with Crippen LogP contribution in [0.15, 0.2) is 77.9 Å². The predicted octanol–water partition coefficient (Wildman–Crippen LogP) is 7.57. The van der Waals surface area contributed by atoms with Crippen molar-refractivity contribution < 1.29 is 14.6 Å². The maximum atomic E-state index is 13.9. The van der Waals surface area contributed by atoms with Gasteiger partial charge in [0.2, 0.25) is 0 Å². The summed E-state index contributed by atoms with van der Waals surface area (Å²) in [5, 5.41) is 16.7. The van der Waals surface area contributed by atoms with Crippen LogP contribution in [0.1, 0.15) is 38.0 Å². The van der Waals surface area contributed by atoms with Crippen LogP contribution in [-0.2, 0) is 16.6 Å². The van der Waals surface area contributed by atoms with E-state index in [1.807, 2.05) is 77.2 Å². The number of nitrogens with zero attached hydrogens (tertiary/aromatic N) is 4. The van der Waals surface area contributed by atoms with Crippen LogP contribution in [0.5, 0.6) is 0 Å². The van der Waals surface area contributed by atoms with Crippen LogP contribution in [0.3, 0.4) is 0 Å². The Morgan fingerprint density at radius 3 is 2.53 bits per heavy atom. The number of halogens is 1. The summed E-state index contributed by atoms with van der Waals surface area (Å²) >= 11 is 7.57. The van der Waals surface area contributed by atoms with E-state index in [2.05, 4.69) is 5.10 Å². The molecule has 0 fully saturated rings. The standard InChI is InChI=1S/C33H29ClN4O4S/c1-18-15-24-29(27(19-8-10-21(34)11-9-19)26(18)28(32(40)41)42-33(2,3)4)43-30(36-24)23-7-6-14-38(31(23)39)22-12-13-25-20(16-22)17-35-37(25)5/h6-17,28H,1-5H3,(H,40,41)/t28-/m0/s1. The van der Waals surface area contributed by atoms with E-state index in [9.17, 15) is 14.7 Å². The van der Waals surface area contributed by atoms with Gasteiger partial charge in [0.1, 0.15) is 5.01 Å². The Bertz CT molecular complexity index is 2090. The number of ether oxygens (including phenoxy) is 1. The van der Waals surface area contributed by atoms with Gasteiger partial charge in [-0.2, -0.15) is 5.10 Å². The zero-order valence-corrected chi connectivity index (χ0v) is 25.8. The molecule has 0 aliphatic rings. The number of aryl methyl sites for hydroxylation is 2. The summed E-state index contributed by atoms with van der Waals surface area (Å²) in [4.78, 5) is 31.4. The predicted molar refractivity (Wildman–Crippen MR) is 171 cm³/mol. The molecule has 6 aromatic rings. The SMILES string of the molecule is Cc1cc2nc(-c3cccn(-c4ccc5c(cnn5C)c4)c3=O)sc2c(-c2ccc(Cl)cc2)c1[C@H](OC(C)(C)C)C(=O)O. The molecule has 0 amide bonds. The molecule has 3 aromatic carbocycles. The van der Waals surface area contributed by atoms with Crippen molar-refractivity contribution >= 4 is 50.0 Å². The zero-order valence-electron chi connectivity index (χ0n) is 24.3. The van der Waals surface area contributed by atoms with Gasteiger partial charge in [0.15, 0.2) is 6.10 Å². The summed E-state index contributed by atoms with van der Waals surface area (Å²) in [5.41, 5.74) is 4.61. The van der Waals surface area contributed by atoms with Gasteiger partial charge in [-0.05, 0) is 87.4 Å². The monoisotopic (exact) mass is 612 g/mol. The third kappa shape index (κ3) is 5.35. The molecule has 0 unspecified atom stereocenters. The molecule has 3 heterocycles. The van der Waals surface area contributed by atoms with Crippen LogP contribution in [0.25, 0.3) is 48.5 Å². The van der Waals surface area contributed by atoms with Crippen LogP contribution >= 0.6 is 22.9 Å².